The summed E-state index contributed by atoms with van der Waals surface area (Å²) in [6.45, 7) is 1.78. The van der Waals surface area contributed by atoms with Crippen LogP contribution in [0.1, 0.15) is 31.2 Å². The lowest BCUT2D eigenvalue weighted by Crippen LogP contribution is -2.58. The van der Waals surface area contributed by atoms with Gasteiger partial charge < -0.3 is 11.1 Å². The summed E-state index contributed by atoms with van der Waals surface area (Å²) in [7, 11) is 1.83. The lowest BCUT2D eigenvalue weighted by molar-refractivity contribution is -0.125. The largest absolute Gasteiger partial charge is 0.368 e. The van der Waals surface area contributed by atoms with Gasteiger partial charge in [-0.05, 0) is 44.2 Å². The average molecular weight is 287 g/mol. The van der Waals surface area contributed by atoms with E-state index in [1.165, 1.54) is 25.7 Å². The molecule has 3 rings (SSSR count). The van der Waals surface area contributed by atoms with Crippen molar-refractivity contribution >= 4 is 5.91 Å². The molecule has 2 aliphatic rings. The molecule has 0 radical (unpaired) electrons. The lowest BCUT2D eigenvalue weighted by Gasteiger charge is -2.36. The zero-order valence-corrected chi connectivity index (χ0v) is 12.7. The van der Waals surface area contributed by atoms with Crippen molar-refractivity contribution in [2.45, 2.75) is 37.3 Å². The van der Waals surface area contributed by atoms with Crippen molar-refractivity contribution in [2.75, 3.05) is 20.1 Å². The number of amides is 1. The number of hydrogen-bond acceptors (Lipinski definition) is 3. The van der Waals surface area contributed by atoms with E-state index in [2.05, 4.69) is 10.2 Å². The standard InChI is InChI=1S/C17H25N3O/c1-19-17(16(18)21,14-5-3-2-4-6-14)12-20(15-9-10-15)11-13-7-8-13/h2-6,13,15,19H,7-12H2,1H3,(H2,18,21). The number of primary amides is 1. The van der Waals surface area contributed by atoms with Gasteiger partial charge in [0, 0.05) is 19.1 Å². The van der Waals surface area contributed by atoms with Gasteiger partial charge in [-0.2, -0.15) is 0 Å². The molecule has 4 heteroatoms. The van der Waals surface area contributed by atoms with Crippen molar-refractivity contribution in [3.63, 3.8) is 0 Å². The smallest absolute Gasteiger partial charge is 0.243 e. The SMILES string of the molecule is CNC(CN(CC1CC1)C1CC1)(C(N)=O)c1ccccc1. The molecule has 3 N–H and O–H groups in total. The molecule has 2 saturated carbocycles. The molecule has 0 spiro atoms. The molecule has 0 aliphatic heterocycles. The summed E-state index contributed by atoms with van der Waals surface area (Å²) in [5.41, 5.74) is 5.97. The highest BCUT2D eigenvalue weighted by atomic mass is 16.1. The number of carbonyl (C=O) groups is 1. The van der Waals surface area contributed by atoms with Crippen molar-refractivity contribution in [1.82, 2.24) is 10.2 Å². The number of benzene rings is 1. The maximum Gasteiger partial charge on any atom is 0.243 e. The van der Waals surface area contributed by atoms with Crippen LogP contribution in [-0.4, -0.2) is 37.0 Å². The Kier molecular flexibility index (Phi) is 4.00. The molecule has 4 nitrogen and oxygen atoms in total. The van der Waals surface area contributed by atoms with Crippen LogP contribution in [0.2, 0.25) is 0 Å². The highest BCUT2D eigenvalue weighted by Gasteiger charge is 2.43. The first-order valence-electron chi connectivity index (χ1n) is 7.94. The normalized spacial score (nSPS) is 21.2. The third-order valence-electron chi connectivity index (χ3n) is 4.81. The number of nitrogens with zero attached hydrogens (tertiary/aromatic N) is 1. The van der Waals surface area contributed by atoms with Gasteiger partial charge in [0.1, 0.15) is 5.54 Å². The Balaban J connectivity index is 1.85. The summed E-state index contributed by atoms with van der Waals surface area (Å²) in [6.07, 6.45) is 5.16. The molecule has 1 aromatic carbocycles. The Morgan fingerprint density at radius 3 is 2.43 bits per heavy atom. The van der Waals surface area contributed by atoms with Gasteiger partial charge in [-0.1, -0.05) is 30.3 Å². The quantitative estimate of drug-likeness (QED) is 0.761. The van der Waals surface area contributed by atoms with Crippen molar-refractivity contribution < 1.29 is 4.79 Å². The Morgan fingerprint density at radius 1 is 1.29 bits per heavy atom. The van der Waals surface area contributed by atoms with Crippen LogP contribution in [0.4, 0.5) is 0 Å². The molecule has 0 saturated heterocycles. The summed E-state index contributed by atoms with van der Waals surface area (Å²) in [5.74, 6) is 0.529. The van der Waals surface area contributed by atoms with Gasteiger partial charge in [-0.25, -0.2) is 0 Å². The highest BCUT2D eigenvalue weighted by Crippen LogP contribution is 2.36. The second kappa shape index (κ2) is 5.78. The molecule has 21 heavy (non-hydrogen) atoms. The molecule has 0 bridgehead atoms. The molecule has 1 amide bonds. The Morgan fingerprint density at radius 2 is 1.95 bits per heavy atom. The zero-order valence-electron chi connectivity index (χ0n) is 12.7. The number of nitrogens with two attached hydrogens (primary N) is 1. The first-order chi connectivity index (χ1) is 10.2. The molecule has 1 atom stereocenters. The summed E-state index contributed by atoms with van der Waals surface area (Å²) in [4.78, 5) is 14.7. The average Bonchev–Trinajstić information content (AvgIpc) is 3.38. The Hall–Kier alpha value is -1.39. The van der Waals surface area contributed by atoms with Gasteiger partial charge in [0.15, 0.2) is 0 Å². The summed E-state index contributed by atoms with van der Waals surface area (Å²) in [6, 6.07) is 10.5. The van der Waals surface area contributed by atoms with Crippen molar-refractivity contribution in [3.8, 4) is 0 Å². The zero-order chi connectivity index (χ0) is 14.9. The minimum Gasteiger partial charge on any atom is -0.368 e. The van der Waals surface area contributed by atoms with E-state index >= 15 is 0 Å². The van der Waals surface area contributed by atoms with Crippen molar-refractivity contribution in [3.05, 3.63) is 35.9 Å². The predicted octanol–water partition coefficient (Wildman–Crippen LogP) is 1.46. The maximum absolute atomic E-state index is 12.3. The van der Waals surface area contributed by atoms with Crippen molar-refractivity contribution in [2.24, 2.45) is 11.7 Å². The van der Waals surface area contributed by atoms with E-state index in [-0.39, 0.29) is 5.91 Å². The van der Waals surface area contributed by atoms with Gasteiger partial charge in [0.25, 0.3) is 0 Å². The fraction of sp³-hybridized carbons (Fsp3) is 0.588. The van der Waals surface area contributed by atoms with Crippen molar-refractivity contribution in [1.29, 1.82) is 0 Å². The third kappa shape index (κ3) is 3.11. The van der Waals surface area contributed by atoms with E-state index in [1.807, 2.05) is 37.4 Å². The molecule has 114 valence electrons. The Labute approximate surface area is 126 Å². The van der Waals surface area contributed by atoms with Crippen LogP contribution in [-0.2, 0) is 10.3 Å². The second-order valence-corrected chi connectivity index (χ2v) is 6.49. The van der Waals surface area contributed by atoms with Crippen LogP contribution in [0.25, 0.3) is 0 Å². The van der Waals surface area contributed by atoms with E-state index in [0.29, 0.717) is 12.6 Å². The van der Waals surface area contributed by atoms with Crippen LogP contribution in [0, 0.1) is 5.92 Å². The highest BCUT2D eigenvalue weighted by molar-refractivity contribution is 5.86. The monoisotopic (exact) mass is 287 g/mol. The molecule has 0 aromatic heterocycles. The molecular formula is C17H25N3O. The van der Waals surface area contributed by atoms with E-state index in [4.69, 9.17) is 5.73 Å². The first-order valence-corrected chi connectivity index (χ1v) is 7.94. The molecule has 1 aromatic rings. The molecular weight excluding hydrogens is 262 g/mol. The van der Waals surface area contributed by atoms with E-state index in [0.717, 1.165) is 18.0 Å². The number of hydrogen-bond donors (Lipinski definition) is 2. The van der Waals surface area contributed by atoms with Crippen LogP contribution in [0.5, 0.6) is 0 Å². The van der Waals surface area contributed by atoms with E-state index in [9.17, 15) is 4.79 Å². The third-order valence-corrected chi connectivity index (χ3v) is 4.81. The van der Waals surface area contributed by atoms with Crippen LogP contribution in [0.15, 0.2) is 30.3 Å². The summed E-state index contributed by atoms with van der Waals surface area (Å²) < 4.78 is 0. The number of rotatable bonds is 8. The minimum atomic E-state index is -0.793. The van der Waals surface area contributed by atoms with Crippen LogP contribution >= 0.6 is 0 Å². The summed E-state index contributed by atoms with van der Waals surface area (Å²) in [5, 5.41) is 3.22. The van der Waals surface area contributed by atoms with Crippen LogP contribution < -0.4 is 11.1 Å². The predicted molar refractivity (Wildman–Crippen MR) is 83.7 cm³/mol. The Bertz CT molecular complexity index is 496. The summed E-state index contributed by atoms with van der Waals surface area (Å²) >= 11 is 0. The van der Waals surface area contributed by atoms with Gasteiger partial charge in [0.2, 0.25) is 5.91 Å². The fourth-order valence-corrected chi connectivity index (χ4v) is 3.10. The molecule has 2 aliphatic carbocycles. The lowest BCUT2D eigenvalue weighted by atomic mass is 9.88. The maximum atomic E-state index is 12.3. The van der Waals surface area contributed by atoms with Gasteiger partial charge in [0.05, 0.1) is 0 Å². The van der Waals surface area contributed by atoms with Gasteiger partial charge >= 0.3 is 0 Å². The fourth-order valence-electron chi connectivity index (χ4n) is 3.10. The van der Waals surface area contributed by atoms with Gasteiger partial charge in [-0.15, -0.1) is 0 Å². The van der Waals surface area contributed by atoms with Gasteiger partial charge in [-0.3, -0.25) is 9.69 Å². The minimum absolute atomic E-state index is 0.294. The molecule has 1 unspecified atom stereocenters. The molecule has 2 fully saturated rings. The first kappa shape index (κ1) is 14.5. The number of carbonyl (C=O) groups excluding carboxylic acids is 1. The van der Waals surface area contributed by atoms with Crippen LogP contribution in [0.3, 0.4) is 0 Å². The molecule has 0 heterocycles. The topological polar surface area (TPSA) is 58.4 Å². The number of likely N-dealkylation sites (N-methyl/N-ethyl adjacent to an activating group) is 1. The van der Waals surface area contributed by atoms with E-state index < -0.39 is 5.54 Å². The number of nitrogens with one attached hydrogen (secondary N) is 1. The van der Waals surface area contributed by atoms with E-state index in [1.54, 1.807) is 0 Å². The second-order valence-electron chi connectivity index (χ2n) is 6.49.